The first-order valence-corrected chi connectivity index (χ1v) is 11.7. The van der Waals surface area contributed by atoms with Gasteiger partial charge in [0.05, 0.1) is 5.56 Å². The summed E-state index contributed by atoms with van der Waals surface area (Å²) in [6, 6.07) is 9.05. The van der Waals surface area contributed by atoms with Crippen LogP contribution in [0.4, 0.5) is 4.39 Å². The number of phenolic OH excluding ortho intramolecular Hbond substituents is 2. The van der Waals surface area contributed by atoms with Crippen molar-refractivity contribution in [2.75, 3.05) is 26.3 Å². The van der Waals surface area contributed by atoms with Gasteiger partial charge in [-0.3, -0.25) is 10.2 Å². The maximum Gasteiger partial charge on any atom is 0.188 e. The van der Waals surface area contributed by atoms with Crippen molar-refractivity contribution in [1.82, 2.24) is 15.4 Å². The Morgan fingerprint density at radius 3 is 2.65 bits per heavy atom. The number of fused-ring (bicyclic) bond motifs is 1. The van der Waals surface area contributed by atoms with E-state index in [2.05, 4.69) is 21.4 Å². The highest BCUT2D eigenvalue weighted by Crippen LogP contribution is 2.44. The van der Waals surface area contributed by atoms with E-state index in [9.17, 15) is 19.7 Å². The summed E-state index contributed by atoms with van der Waals surface area (Å²) in [4.78, 5) is 2.09. The van der Waals surface area contributed by atoms with Gasteiger partial charge in [-0.1, -0.05) is 44.1 Å². The largest absolute Gasteiger partial charge is 0.508 e. The van der Waals surface area contributed by atoms with Crippen molar-refractivity contribution in [2.24, 2.45) is 0 Å². The van der Waals surface area contributed by atoms with Crippen LogP contribution in [0.5, 0.6) is 11.5 Å². The summed E-state index contributed by atoms with van der Waals surface area (Å²) in [7, 11) is 0. The number of aliphatic hydroxyl groups is 1. The van der Waals surface area contributed by atoms with Gasteiger partial charge >= 0.3 is 0 Å². The molecular formula is C26H32FN3O4. The third-order valence-corrected chi connectivity index (χ3v) is 6.37. The minimum absolute atomic E-state index is 0.0146. The minimum Gasteiger partial charge on any atom is -0.508 e. The molecule has 1 aliphatic rings. The Labute approximate surface area is 198 Å². The van der Waals surface area contributed by atoms with E-state index >= 15 is 0 Å². The average molecular weight is 470 g/mol. The van der Waals surface area contributed by atoms with Gasteiger partial charge in [0.1, 0.15) is 23.9 Å². The van der Waals surface area contributed by atoms with Gasteiger partial charge in [-0.2, -0.15) is 0 Å². The van der Waals surface area contributed by atoms with Crippen molar-refractivity contribution >= 4 is 0 Å². The molecule has 0 radical (unpaired) electrons. The topological polar surface area (TPSA) is 102 Å². The summed E-state index contributed by atoms with van der Waals surface area (Å²) < 4.78 is 18.4. The molecule has 1 aliphatic heterocycles. The van der Waals surface area contributed by atoms with Gasteiger partial charge in [-0.25, -0.2) is 4.39 Å². The molecule has 2 aromatic carbocycles. The number of nitrogens with zero attached hydrogens (tertiary/aromatic N) is 2. The summed E-state index contributed by atoms with van der Waals surface area (Å²) in [5, 5.41) is 38.9. The van der Waals surface area contributed by atoms with E-state index < -0.39 is 6.23 Å². The predicted octanol–water partition coefficient (Wildman–Crippen LogP) is 4.47. The van der Waals surface area contributed by atoms with Crippen molar-refractivity contribution in [1.29, 1.82) is 0 Å². The Hall–Kier alpha value is -2.94. The predicted molar refractivity (Wildman–Crippen MR) is 128 cm³/mol. The number of hydrogen-bond acceptors (Lipinski definition) is 7. The van der Waals surface area contributed by atoms with Crippen molar-refractivity contribution in [2.45, 2.75) is 45.9 Å². The van der Waals surface area contributed by atoms with Crippen molar-refractivity contribution < 1.29 is 24.2 Å². The molecule has 7 nitrogen and oxygen atoms in total. The average Bonchev–Trinajstić information content (AvgIpc) is 3.24. The van der Waals surface area contributed by atoms with Gasteiger partial charge in [0.15, 0.2) is 12.0 Å². The fourth-order valence-corrected chi connectivity index (χ4v) is 4.56. The van der Waals surface area contributed by atoms with E-state index in [0.717, 1.165) is 29.7 Å². The summed E-state index contributed by atoms with van der Waals surface area (Å²) in [5.74, 6) is 0.171. The lowest BCUT2D eigenvalue weighted by atomic mass is 9.91. The normalized spacial score (nSPS) is 15.0. The molecule has 1 aromatic heterocycles. The quantitative estimate of drug-likeness (QED) is 0.361. The Morgan fingerprint density at radius 2 is 1.94 bits per heavy atom. The maximum absolute atomic E-state index is 12.8. The van der Waals surface area contributed by atoms with E-state index in [4.69, 9.17) is 4.52 Å². The summed E-state index contributed by atoms with van der Waals surface area (Å²) in [6.07, 6.45) is -0.294. The number of aromatic nitrogens is 1. The van der Waals surface area contributed by atoms with Gasteiger partial charge in [0.2, 0.25) is 0 Å². The number of alkyl halides is 1. The van der Waals surface area contributed by atoms with E-state index in [-0.39, 0.29) is 29.9 Å². The van der Waals surface area contributed by atoms with Crippen LogP contribution >= 0.6 is 0 Å². The van der Waals surface area contributed by atoms with E-state index in [1.165, 1.54) is 6.07 Å². The number of phenols is 2. The molecule has 0 saturated heterocycles. The molecule has 1 atom stereocenters. The van der Waals surface area contributed by atoms with Crippen LogP contribution in [0.25, 0.3) is 22.4 Å². The summed E-state index contributed by atoms with van der Waals surface area (Å²) >= 11 is 0. The molecule has 0 fully saturated rings. The van der Waals surface area contributed by atoms with E-state index in [0.29, 0.717) is 42.0 Å². The first kappa shape index (κ1) is 24.2. The number of nitrogens with one attached hydrogen (secondary N) is 1. The maximum atomic E-state index is 12.8. The third kappa shape index (κ3) is 4.66. The third-order valence-electron chi connectivity index (χ3n) is 6.37. The molecule has 2 heterocycles. The SMILES string of the molecule is CCNC(O)c1onc(-c2cc(C(C)C)c(O)cc2O)c1-c1ccc2c(c1)CCN(CCF)C2. The molecule has 1 unspecified atom stereocenters. The molecule has 0 spiro atoms. The zero-order valence-corrected chi connectivity index (χ0v) is 19.8. The molecule has 0 bridgehead atoms. The summed E-state index contributed by atoms with van der Waals surface area (Å²) in [5.41, 5.74) is 5.17. The summed E-state index contributed by atoms with van der Waals surface area (Å²) in [6.45, 7) is 7.84. The first-order valence-electron chi connectivity index (χ1n) is 11.7. The molecule has 182 valence electrons. The number of aromatic hydroxyl groups is 2. The van der Waals surface area contributed by atoms with Crippen LogP contribution in [0.1, 0.15) is 55.4 Å². The van der Waals surface area contributed by atoms with Gasteiger partial charge in [-0.15, -0.1) is 0 Å². The Morgan fingerprint density at radius 1 is 1.15 bits per heavy atom. The minimum atomic E-state index is -1.08. The molecule has 4 N–H and O–H groups in total. The van der Waals surface area contributed by atoms with Crippen LogP contribution in [0.15, 0.2) is 34.9 Å². The van der Waals surface area contributed by atoms with Crippen LogP contribution in [0.2, 0.25) is 0 Å². The van der Waals surface area contributed by atoms with Crippen LogP contribution in [-0.2, 0) is 13.0 Å². The van der Waals surface area contributed by atoms with Crippen molar-refractivity contribution in [3.63, 3.8) is 0 Å². The monoisotopic (exact) mass is 469 g/mol. The molecule has 4 rings (SSSR count). The highest BCUT2D eigenvalue weighted by atomic mass is 19.1. The molecular weight excluding hydrogens is 437 g/mol. The van der Waals surface area contributed by atoms with Crippen molar-refractivity contribution in [3.8, 4) is 33.9 Å². The smallest absolute Gasteiger partial charge is 0.188 e. The number of hydrogen-bond donors (Lipinski definition) is 4. The van der Waals surface area contributed by atoms with Crippen LogP contribution in [0, 0.1) is 0 Å². The number of benzene rings is 2. The highest BCUT2D eigenvalue weighted by molar-refractivity contribution is 5.85. The lowest BCUT2D eigenvalue weighted by Gasteiger charge is -2.28. The van der Waals surface area contributed by atoms with E-state index in [1.807, 2.05) is 32.9 Å². The molecule has 8 heteroatoms. The van der Waals surface area contributed by atoms with E-state index in [1.54, 1.807) is 6.07 Å². The second-order valence-electron chi connectivity index (χ2n) is 9.01. The number of aliphatic hydroxyl groups excluding tert-OH is 1. The second kappa shape index (κ2) is 10.1. The Balaban J connectivity index is 1.85. The zero-order valence-electron chi connectivity index (χ0n) is 19.8. The van der Waals surface area contributed by atoms with Crippen LogP contribution in [0.3, 0.4) is 0 Å². The van der Waals surface area contributed by atoms with Gasteiger partial charge in [0.25, 0.3) is 0 Å². The highest BCUT2D eigenvalue weighted by Gasteiger charge is 2.28. The lowest BCUT2D eigenvalue weighted by Crippen LogP contribution is -2.32. The second-order valence-corrected chi connectivity index (χ2v) is 9.01. The molecule has 0 saturated carbocycles. The molecule has 0 aliphatic carbocycles. The Bertz CT molecular complexity index is 1160. The van der Waals surface area contributed by atoms with Crippen LogP contribution < -0.4 is 5.32 Å². The lowest BCUT2D eigenvalue weighted by molar-refractivity contribution is 0.108. The number of rotatable bonds is 8. The van der Waals surface area contributed by atoms with Crippen LogP contribution in [-0.4, -0.2) is 51.7 Å². The van der Waals surface area contributed by atoms with Gasteiger partial charge < -0.3 is 19.8 Å². The zero-order chi connectivity index (χ0) is 24.4. The van der Waals surface area contributed by atoms with Crippen molar-refractivity contribution in [3.05, 3.63) is 52.8 Å². The van der Waals surface area contributed by atoms with Gasteiger partial charge in [-0.05, 0) is 47.2 Å². The Kier molecular flexibility index (Phi) is 7.21. The molecule has 34 heavy (non-hydrogen) atoms. The first-order chi connectivity index (χ1) is 16.3. The fourth-order valence-electron chi connectivity index (χ4n) is 4.56. The molecule has 0 amide bonds. The van der Waals surface area contributed by atoms with Gasteiger partial charge in [0, 0.05) is 31.3 Å². The molecule has 3 aromatic rings. The standard InChI is InChI=1S/C26H32FN3O4/c1-4-28-26(33)25-23(17-5-6-18-14-30(10-8-27)9-7-16(18)11-17)24(29-34-25)20-12-19(15(2)3)21(31)13-22(20)32/h5-6,11-13,15,26,28,31-33H,4,7-10,14H2,1-3H3. The number of halogens is 1. The fraction of sp³-hybridized carbons (Fsp3) is 0.423.